The zero-order valence-electron chi connectivity index (χ0n) is 13.0. The van der Waals surface area contributed by atoms with E-state index in [1.54, 1.807) is 30.5 Å². The van der Waals surface area contributed by atoms with Gasteiger partial charge in [-0.2, -0.15) is 0 Å². The van der Waals surface area contributed by atoms with Crippen LogP contribution in [0.1, 0.15) is 22.0 Å². The van der Waals surface area contributed by atoms with Gasteiger partial charge in [0, 0.05) is 22.1 Å². The lowest BCUT2D eigenvalue weighted by atomic mass is 10.3. The molecule has 0 bridgehead atoms. The van der Waals surface area contributed by atoms with E-state index in [0.717, 1.165) is 15.9 Å². The monoisotopic (exact) mass is 386 g/mol. The summed E-state index contributed by atoms with van der Waals surface area (Å²) in [5.41, 5.74) is 1.51. The lowest BCUT2D eigenvalue weighted by Crippen LogP contribution is -2.11. The third kappa shape index (κ3) is 4.23. The highest BCUT2D eigenvalue weighted by molar-refractivity contribution is 9.10. The molecule has 0 unspecified atom stereocenters. The van der Waals surface area contributed by atoms with Crippen LogP contribution < -0.4 is 10.1 Å². The number of furan rings is 1. The molecule has 0 fully saturated rings. The number of benzene rings is 1. The summed E-state index contributed by atoms with van der Waals surface area (Å²) in [7, 11) is 0. The molecule has 0 aliphatic carbocycles. The number of carbonyl (C=O) groups is 1. The Hall–Kier alpha value is -2.60. The number of nitrogens with zero attached hydrogens (tertiary/aromatic N) is 1. The quantitative estimate of drug-likeness (QED) is 0.696. The van der Waals surface area contributed by atoms with E-state index in [0.29, 0.717) is 11.4 Å². The number of carbonyl (C=O) groups excluding carboxylic acids is 1. The molecule has 1 amide bonds. The average Bonchev–Trinajstić information content (AvgIpc) is 3.02. The van der Waals surface area contributed by atoms with Crippen molar-refractivity contribution in [2.24, 2.45) is 0 Å². The number of aromatic nitrogens is 1. The number of amides is 1. The lowest BCUT2D eigenvalue weighted by Gasteiger charge is -2.05. The number of ether oxygens (including phenoxy) is 1. The molecule has 3 rings (SSSR count). The van der Waals surface area contributed by atoms with Gasteiger partial charge in [-0.25, -0.2) is 0 Å². The van der Waals surface area contributed by atoms with E-state index < -0.39 is 0 Å². The van der Waals surface area contributed by atoms with Crippen LogP contribution in [-0.2, 0) is 6.61 Å². The molecule has 0 saturated carbocycles. The van der Waals surface area contributed by atoms with Crippen molar-refractivity contribution in [1.82, 2.24) is 4.98 Å². The van der Waals surface area contributed by atoms with Crippen LogP contribution in [0.2, 0.25) is 0 Å². The summed E-state index contributed by atoms with van der Waals surface area (Å²) in [6.45, 7) is 2.11. The molecule has 3 aromatic rings. The summed E-state index contributed by atoms with van der Waals surface area (Å²) < 4.78 is 12.1. The van der Waals surface area contributed by atoms with Crippen LogP contribution >= 0.6 is 15.9 Å². The molecule has 6 heteroatoms. The van der Waals surface area contributed by atoms with Crippen molar-refractivity contribution >= 4 is 27.5 Å². The fourth-order valence-electron chi connectivity index (χ4n) is 2.10. The van der Waals surface area contributed by atoms with Crippen LogP contribution in [0, 0.1) is 6.92 Å². The topological polar surface area (TPSA) is 64.4 Å². The van der Waals surface area contributed by atoms with Gasteiger partial charge in [0.15, 0.2) is 5.76 Å². The summed E-state index contributed by atoms with van der Waals surface area (Å²) in [5, 5.41) is 2.77. The van der Waals surface area contributed by atoms with Crippen LogP contribution in [0.4, 0.5) is 5.69 Å². The second kappa shape index (κ2) is 7.31. The molecule has 0 atom stereocenters. The molecular weight excluding hydrogens is 372 g/mol. The van der Waals surface area contributed by atoms with Crippen LogP contribution in [-0.4, -0.2) is 10.9 Å². The second-order valence-electron chi connectivity index (χ2n) is 5.15. The minimum Gasteiger partial charge on any atom is -0.486 e. The maximum atomic E-state index is 12.2. The summed E-state index contributed by atoms with van der Waals surface area (Å²) >= 11 is 3.39. The minimum atomic E-state index is -0.311. The molecule has 122 valence electrons. The van der Waals surface area contributed by atoms with Gasteiger partial charge in [-0.3, -0.25) is 9.78 Å². The van der Waals surface area contributed by atoms with Gasteiger partial charge < -0.3 is 14.5 Å². The Morgan fingerprint density at radius 1 is 1.25 bits per heavy atom. The van der Waals surface area contributed by atoms with E-state index in [4.69, 9.17) is 9.15 Å². The Bertz CT molecular complexity index is 861. The second-order valence-corrected chi connectivity index (χ2v) is 6.07. The van der Waals surface area contributed by atoms with Crippen LogP contribution in [0.25, 0.3) is 0 Å². The maximum absolute atomic E-state index is 12.2. The first-order chi connectivity index (χ1) is 11.6. The van der Waals surface area contributed by atoms with Gasteiger partial charge >= 0.3 is 0 Å². The Morgan fingerprint density at radius 3 is 2.92 bits per heavy atom. The first-order valence-electron chi connectivity index (χ1n) is 7.31. The number of halogens is 1. The Morgan fingerprint density at radius 2 is 2.12 bits per heavy atom. The number of aryl methyl sites for hydroxylation is 1. The van der Waals surface area contributed by atoms with E-state index in [-0.39, 0.29) is 18.3 Å². The SMILES string of the molecule is Cc1cc(NC(=O)c2ccc(COc3cccc(Br)c3)o2)ccn1. The Balaban J connectivity index is 1.61. The summed E-state index contributed by atoms with van der Waals surface area (Å²) in [4.78, 5) is 16.3. The highest BCUT2D eigenvalue weighted by Gasteiger charge is 2.12. The third-order valence-electron chi connectivity index (χ3n) is 3.22. The van der Waals surface area contributed by atoms with Gasteiger partial charge in [0.25, 0.3) is 5.91 Å². The molecule has 0 aliphatic rings. The van der Waals surface area contributed by atoms with E-state index in [2.05, 4.69) is 26.2 Å². The molecule has 0 radical (unpaired) electrons. The normalized spacial score (nSPS) is 10.4. The number of hydrogen-bond acceptors (Lipinski definition) is 4. The fourth-order valence-corrected chi connectivity index (χ4v) is 2.48. The lowest BCUT2D eigenvalue weighted by molar-refractivity contribution is 0.0992. The van der Waals surface area contributed by atoms with E-state index in [1.807, 2.05) is 31.2 Å². The van der Waals surface area contributed by atoms with Gasteiger partial charge in [0.1, 0.15) is 18.1 Å². The van der Waals surface area contributed by atoms with Crippen molar-refractivity contribution in [2.45, 2.75) is 13.5 Å². The fraction of sp³-hybridized carbons (Fsp3) is 0.111. The zero-order valence-corrected chi connectivity index (χ0v) is 14.5. The van der Waals surface area contributed by atoms with Crippen LogP contribution in [0.5, 0.6) is 5.75 Å². The molecule has 0 aliphatic heterocycles. The van der Waals surface area contributed by atoms with Crippen LogP contribution in [0.3, 0.4) is 0 Å². The largest absolute Gasteiger partial charge is 0.486 e. The van der Waals surface area contributed by atoms with Crippen molar-refractivity contribution < 1.29 is 13.9 Å². The highest BCUT2D eigenvalue weighted by Crippen LogP contribution is 2.20. The highest BCUT2D eigenvalue weighted by atomic mass is 79.9. The average molecular weight is 387 g/mol. The number of pyridine rings is 1. The van der Waals surface area contributed by atoms with Crippen molar-refractivity contribution in [3.63, 3.8) is 0 Å². The predicted octanol–water partition coefficient (Wildman–Crippen LogP) is 4.58. The van der Waals surface area contributed by atoms with Crippen molar-refractivity contribution in [3.8, 4) is 5.75 Å². The molecule has 0 spiro atoms. The molecule has 2 heterocycles. The maximum Gasteiger partial charge on any atom is 0.291 e. The molecule has 24 heavy (non-hydrogen) atoms. The number of hydrogen-bond donors (Lipinski definition) is 1. The standard InChI is InChI=1S/C18H15BrN2O3/c1-12-9-14(7-8-20-12)21-18(22)17-6-5-16(24-17)11-23-15-4-2-3-13(19)10-15/h2-10H,11H2,1H3,(H,20,21,22). The van der Waals surface area contributed by atoms with E-state index in [9.17, 15) is 4.79 Å². The third-order valence-corrected chi connectivity index (χ3v) is 3.71. The van der Waals surface area contributed by atoms with Crippen molar-refractivity contribution in [1.29, 1.82) is 0 Å². The zero-order chi connectivity index (χ0) is 16.9. The first-order valence-corrected chi connectivity index (χ1v) is 8.10. The van der Waals surface area contributed by atoms with E-state index in [1.165, 1.54) is 0 Å². The first kappa shape index (κ1) is 16.3. The smallest absolute Gasteiger partial charge is 0.291 e. The number of nitrogens with one attached hydrogen (secondary N) is 1. The Labute approximate surface area is 147 Å². The summed E-state index contributed by atoms with van der Waals surface area (Å²) in [6, 6.07) is 14.4. The number of rotatable bonds is 5. The van der Waals surface area contributed by atoms with Crippen LogP contribution in [0.15, 0.2) is 63.6 Å². The molecule has 1 aromatic carbocycles. The van der Waals surface area contributed by atoms with Gasteiger partial charge in [-0.15, -0.1) is 0 Å². The molecular formula is C18H15BrN2O3. The summed E-state index contributed by atoms with van der Waals surface area (Å²) in [6.07, 6.45) is 1.64. The van der Waals surface area contributed by atoms with Crippen molar-refractivity contribution in [2.75, 3.05) is 5.32 Å². The van der Waals surface area contributed by atoms with Gasteiger partial charge in [-0.05, 0) is 49.4 Å². The van der Waals surface area contributed by atoms with E-state index >= 15 is 0 Å². The molecule has 2 aromatic heterocycles. The molecule has 1 N–H and O–H groups in total. The van der Waals surface area contributed by atoms with Gasteiger partial charge in [0.2, 0.25) is 0 Å². The summed E-state index contributed by atoms with van der Waals surface area (Å²) in [5.74, 6) is 1.22. The van der Waals surface area contributed by atoms with Crippen molar-refractivity contribution in [3.05, 3.63) is 76.4 Å². The number of anilines is 1. The predicted molar refractivity (Wildman–Crippen MR) is 94.1 cm³/mol. The molecule has 0 saturated heterocycles. The minimum absolute atomic E-state index is 0.234. The molecule has 5 nitrogen and oxygen atoms in total. The van der Waals surface area contributed by atoms with Gasteiger partial charge in [0.05, 0.1) is 0 Å². The Kier molecular flexibility index (Phi) is 4.96. The van der Waals surface area contributed by atoms with Gasteiger partial charge in [-0.1, -0.05) is 22.0 Å².